The Kier molecular flexibility index (Phi) is 9.37. The highest BCUT2D eigenvalue weighted by Crippen LogP contribution is 2.33. The zero-order valence-electron chi connectivity index (χ0n) is 23.8. The molecule has 218 valence electrons. The van der Waals surface area contributed by atoms with Crippen molar-refractivity contribution in [3.63, 3.8) is 0 Å². The van der Waals surface area contributed by atoms with Crippen LogP contribution in [0.1, 0.15) is 55.9 Å². The molecule has 0 radical (unpaired) electrons. The van der Waals surface area contributed by atoms with Gasteiger partial charge in [-0.2, -0.15) is 0 Å². The fraction of sp³-hybridized carbons (Fsp3) is 0.355. The van der Waals surface area contributed by atoms with Gasteiger partial charge in [0.15, 0.2) is 5.82 Å². The Bertz CT molecular complexity index is 1540. The molecule has 11 nitrogen and oxygen atoms in total. The molecule has 0 unspecified atom stereocenters. The van der Waals surface area contributed by atoms with E-state index < -0.39 is 12.1 Å². The Hall–Kier alpha value is -4.80. The molecule has 4 aromatic rings. The average molecular weight is 571 g/mol. The SMILES string of the molecule is CCOC(=O)OCCOC(=O)C=C1CCCCc2nc(CC)n(Cc3ccc(-c4ccccc4-c4nnn[nH]4)cc3)c21. The van der Waals surface area contributed by atoms with E-state index in [2.05, 4.69) is 62.4 Å². The number of esters is 1. The van der Waals surface area contributed by atoms with Crippen LogP contribution in [0, 0.1) is 0 Å². The molecule has 42 heavy (non-hydrogen) atoms. The van der Waals surface area contributed by atoms with Crippen LogP contribution in [0.2, 0.25) is 0 Å². The summed E-state index contributed by atoms with van der Waals surface area (Å²) in [4.78, 5) is 29.0. The van der Waals surface area contributed by atoms with Gasteiger partial charge in [0.1, 0.15) is 19.0 Å². The van der Waals surface area contributed by atoms with Gasteiger partial charge < -0.3 is 18.8 Å². The number of nitrogens with zero attached hydrogens (tertiary/aromatic N) is 5. The van der Waals surface area contributed by atoms with Crippen molar-refractivity contribution >= 4 is 17.7 Å². The molecule has 1 aliphatic carbocycles. The maximum absolute atomic E-state index is 12.7. The van der Waals surface area contributed by atoms with Gasteiger partial charge in [-0.25, -0.2) is 19.7 Å². The monoisotopic (exact) mass is 570 g/mol. The summed E-state index contributed by atoms with van der Waals surface area (Å²) in [6, 6.07) is 16.4. The molecule has 0 bridgehead atoms. The third kappa shape index (κ3) is 6.73. The third-order valence-electron chi connectivity index (χ3n) is 7.08. The number of aromatic nitrogens is 6. The van der Waals surface area contributed by atoms with Gasteiger partial charge in [0.05, 0.1) is 18.0 Å². The first kappa shape index (κ1) is 28.7. The first-order chi connectivity index (χ1) is 20.6. The normalized spacial score (nSPS) is 13.8. The number of benzene rings is 2. The smallest absolute Gasteiger partial charge is 0.459 e. The van der Waals surface area contributed by atoms with Gasteiger partial charge in [0.2, 0.25) is 0 Å². The summed E-state index contributed by atoms with van der Waals surface area (Å²) >= 11 is 0. The number of H-pyrrole nitrogens is 1. The van der Waals surface area contributed by atoms with Crippen LogP contribution in [0.15, 0.2) is 54.6 Å². The minimum absolute atomic E-state index is 0.0455. The van der Waals surface area contributed by atoms with Crippen molar-refractivity contribution in [2.24, 2.45) is 0 Å². The molecule has 2 heterocycles. The van der Waals surface area contributed by atoms with Gasteiger partial charge in [-0.1, -0.05) is 55.5 Å². The molecular weight excluding hydrogens is 536 g/mol. The number of carbonyl (C=O) groups excluding carboxylic acids is 2. The summed E-state index contributed by atoms with van der Waals surface area (Å²) in [6.45, 7) is 4.53. The summed E-state index contributed by atoms with van der Waals surface area (Å²) in [5, 5.41) is 14.4. The quantitative estimate of drug-likeness (QED) is 0.119. The molecule has 0 atom stereocenters. The van der Waals surface area contributed by atoms with Crippen molar-refractivity contribution in [3.05, 3.63) is 77.4 Å². The van der Waals surface area contributed by atoms with Gasteiger partial charge in [-0.15, -0.1) is 5.10 Å². The molecule has 0 aliphatic heterocycles. The average Bonchev–Trinajstić information content (AvgIpc) is 3.61. The maximum atomic E-state index is 12.7. The van der Waals surface area contributed by atoms with Crippen molar-refractivity contribution in [2.45, 2.75) is 52.5 Å². The molecule has 2 aromatic heterocycles. The lowest BCUT2D eigenvalue weighted by Gasteiger charge is -2.15. The van der Waals surface area contributed by atoms with Gasteiger partial charge in [0, 0.05) is 24.6 Å². The molecular formula is C31H34N6O5. The summed E-state index contributed by atoms with van der Waals surface area (Å²) < 4.78 is 17.1. The zero-order chi connectivity index (χ0) is 29.3. The number of hydrogen-bond acceptors (Lipinski definition) is 9. The van der Waals surface area contributed by atoms with Gasteiger partial charge in [-0.3, -0.25) is 0 Å². The Morgan fingerprint density at radius 1 is 0.952 bits per heavy atom. The van der Waals surface area contributed by atoms with Crippen LogP contribution >= 0.6 is 0 Å². The first-order valence-corrected chi connectivity index (χ1v) is 14.2. The van der Waals surface area contributed by atoms with Crippen LogP contribution in [0.5, 0.6) is 0 Å². The van der Waals surface area contributed by atoms with Crippen LogP contribution in [0.3, 0.4) is 0 Å². The minimum Gasteiger partial charge on any atom is -0.459 e. The van der Waals surface area contributed by atoms with Crippen molar-refractivity contribution in [3.8, 4) is 22.5 Å². The number of nitrogens with one attached hydrogen (secondary N) is 1. The van der Waals surface area contributed by atoms with Crippen molar-refractivity contribution in [1.82, 2.24) is 30.2 Å². The van der Waals surface area contributed by atoms with Crippen LogP contribution in [-0.2, 0) is 38.4 Å². The lowest BCUT2D eigenvalue weighted by molar-refractivity contribution is -0.138. The Morgan fingerprint density at radius 2 is 1.71 bits per heavy atom. The highest BCUT2D eigenvalue weighted by atomic mass is 16.7. The van der Waals surface area contributed by atoms with E-state index in [0.717, 1.165) is 77.1 Å². The number of tetrazole rings is 1. The van der Waals surface area contributed by atoms with E-state index >= 15 is 0 Å². The molecule has 0 saturated carbocycles. The van der Waals surface area contributed by atoms with Gasteiger partial charge in [-0.05, 0) is 65.3 Å². The van der Waals surface area contributed by atoms with Crippen molar-refractivity contribution < 1.29 is 23.8 Å². The van der Waals surface area contributed by atoms with E-state index in [0.29, 0.717) is 12.4 Å². The Morgan fingerprint density at radius 3 is 2.45 bits per heavy atom. The topological polar surface area (TPSA) is 134 Å². The van der Waals surface area contributed by atoms with Crippen LogP contribution in [0.25, 0.3) is 28.1 Å². The van der Waals surface area contributed by atoms with Crippen LogP contribution in [0.4, 0.5) is 4.79 Å². The van der Waals surface area contributed by atoms with E-state index in [-0.39, 0.29) is 19.8 Å². The standard InChI is InChI=1S/C31H34N6O5/c1-3-27-32-26-12-8-5-9-23(19-28(38)41-17-18-42-31(39)40-4-2)29(26)37(27)20-21-13-15-22(16-14-21)24-10-6-7-11-25(24)30-33-35-36-34-30/h6-7,10-11,13-16,19H,3-5,8-9,12,17-18,20H2,1-2H3,(H,33,34,35,36). The molecule has 0 fully saturated rings. The number of aromatic amines is 1. The molecule has 1 N–H and O–H groups in total. The maximum Gasteiger partial charge on any atom is 0.508 e. The molecule has 5 rings (SSSR count). The molecule has 0 spiro atoms. The number of fused-ring (bicyclic) bond motifs is 1. The molecule has 0 amide bonds. The summed E-state index contributed by atoms with van der Waals surface area (Å²) in [6.07, 6.45) is 5.13. The molecule has 1 aliphatic rings. The van der Waals surface area contributed by atoms with E-state index in [4.69, 9.17) is 19.2 Å². The number of rotatable bonds is 10. The third-order valence-corrected chi connectivity index (χ3v) is 7.08. The van der Waals surface area contributed by atoms with Crippen molar-refractivity contribution in [2.75, 3.05) is 19.8 Å². The van der Waals surface area contributed by atoms with E-state index in [1.807, 2.05) is 18.2 Å². The number of allylic oxidation sites excluding steroid dienone is 1. The van der Waals surface area contributed by atoms with Crippen LogP contribution in [-0.4, -0.2) is 62.1 Å². The highest BCUT2D eigenvalue weighted by molar-refractivity contribution is 5.91. The summed E-state index contributed by atoms with van der Waals surface area (Å²) in [5.74, 6) is 1.13. The second kappa shape index (κ2) is 13.7. The molecule has 0 saturated heterocycles. The van der Waals surface area contributed by atoms with Crippen molar-refractivity contribution in [1.29, 1.82) is 0 Å². The number of imidazole rings is 1. The minimum atomic E-state index is -0.777. The lowest BCUT2D eigenvalue weighted by atomic mass is 9.98. The fourth-order valence-electron chi connectivity index (χ4n) is 5.19. The van der Waals surface area contributed by atoms with Gasteiger partial charge >= 0.3 is 12.1 Å². The lowest BCUT2D eigenvalue weighted by Crippen LogP contribution is -2.14. The highest BCUT2D eigenvalue weighted by Gasteiger charge is 2.23. The predicted octanol–water partition coefficient (Wildman–Crippen LogP) is 5.17. The number of carbonyl (C=O) groups is 2. The zero-order valence-corrected chi connectivity index (χ0v) is 23.8. The summed E-state index contributed by atoms with van der Waals surface area (Å²) in [5.41, 5.74) is 7.06. The molecule has 11 heteroatoms. The van der Waals surface area contributed by atoms with Crippen LogP contribution < -0.4 is 0 Å². The number of aryl methyl sites for hydroxylation is 2. The Balaban J connectivity index is 1.36. The number of ether oxygens (including phenoxy) is 3. The van der Waals surface area contributed by atoms with E-state index in [1.165, 1.54) is 0 Å². The van der Waals surface area contributed by atoms with E-state index in [9.17, 15) is 9.59 Å². The second-order valence-electron chi connectivity index (χ2n) is 9.83. The predicted molar refractivity (Wildman–Crippen MR) is 155 cm³/mol. The largest absolute Gasteiger partial charge is 0.508 e. The second-order valence-corrected chi connectivity index (χ2v) is 9.83. The molecule has 2 aromatic carbocycles. The first-order valence-electron chi connectivity index (χ1n) is 14.2. The Labute approximate surface area is 243 Å². The number of hydrogen-bond donors (Lipinski definition) is 1. The fourth-order valence-corrected chi connectivity index (χ4v) is 5.19. The van der Waals surface area contributed by atoms with Gasteiger partial charge in [0.25, 0.3) is 0 Å². The van der Waals surface area contributed by atoms with E-state index in [1.54, 1.807) is 13.0 Å². The summed E-state index contributed by atoms with van der Waals surface area (Å²) in [7, 11) is 0.